The van der Waals surface area contributed by atoms with E-state index in [1.807, 2.05) is 23.7 Å². The molecule has 2 heterocycles. The Morgan fingerprint density at radius 2 is 2.18 bits per heavy atom. The monoisotopic (exact) mass is 230 g/mol. The maximum atomic E-state index is 5.83. The second-order valence-electron chi connectivity index (χ2n) is 4.14. The highest BCUT2D eigenvalue weighted by molar-refractivity contribution is 5.38. The molecule has 2 aromatic rings. The molecule has 90 valence electrons. The van der Waals surface area contributed by atoms with Crippen LogP contribution in [0.4, 0.5) is 5.82 Å². The Morgan fingerprint density at radius 3 is 2.88 bits per heavy atom. The van der Waals surface area contributed by atoms with Crippen LogP contribution in [0.15, 0.2) is 24.4 Å². The van der Waals surface area contributed by atoms with E-state index in [9.17, 15) is 0 Å². The van der Waals surface area contributed by atoms with E-state index in [0.717, 1.165) is 30.6 Å². The van der Waals surface area contributed by atoms with E-state index in [1.54, 1.807) is 6.20 Å². The van der Waals surface area contributed by atoms with Gasteiger partial charge in [0.25, 0.3) is 0 Å². The van der Waals surface area contributed by atoms with Crippen molar-refractivity contribution in [1.82, 2.24) is 14.8 Å². The van der Waals surface area contributed by atoms with Crippen LogP contribution >= 0.6 is 0 Å². The van der Waals surface area contributed by atoms with Crippen molar-refractivity contribution >= 4 is 5.82 Å². The van der Waals surface area contributed by atoms with Crippen molar-refractivity contribution in [1.29, 1.82) is 0 Å². The molecule has 0 aliphatic heterocycles. The summed E-state index contributed by atoms with van der Waals surface area (Å²) in [7, 11) is 0. The second-order valence-corrected chi connectivity index (χ2v) is 4.14. The number of hydrogen-bond acceptors (Lipinski definition) is 3. The minimum atomic E-state index is 0.631. The van der Waals surface area contributed by atoms with Gasteiger partial charge in [-0.2, -0.15) is 5.10 Å². The lowest BCUT2D eigenvalue weighted by Crippen LogP contribution is -2.05. The lowest BCUT2D eigenvalue weighted by molar-refractivity contribution is 0.614. The van der Waals surface area contributed by atoms with Gasteiger partial charge in [-0.25, -0.2) is 4.98 Å². The van der Waals surface area contributed by atoms with E-state index in [1.165, 1.54) is 5.69 Å². The van der Waals surface area contributed by atoms with Gasteiger partial charge in [0.05, 0.1) is 5.69 Å². The van der Waals surface area contributed by atoms with Gasteiger partial charge >= 0.3 is 0 Å². The first-order valence-electron chi connectivity index (χ1n) is 5.93. The molecule has 0 saturated carbocycles. The molecule has 0 unspecified atom stereocenters. The van der Waals surface area contributed by atoms with Gasteiger partial charge in [0.1, 0.15) is 5.82 Å². The zero-order valence-electron chi connectivity index (χ0n) is 10.3. The number of aromatic nitrogens is 3. The van der Waals surface area contributed by atoms with E-state index in [-0.39, 0.29) is 0 Å². The molecule has 0 aromatic carbocycles. The highest BCUT2D eigenvalue weighted by Crippen LogP contribution is 2.12. The molecule has 4 nitrogen and oxygen atoms in total. The smallest absolute Gasteiger partial charge is 0.126 e. The summed E-state index contributed by atoms with van der Waals surface area (Å²) in [6.07, 6.45) is 3.58. The molecule has 0 aliphatic carbocycles. The van der Waals surface area contributed by atoms with Crippen LogP contribution in [0.25, 0.3) is 0 Å². The SMILES string of the molecule is CCn1nc(C)cc1CCc1cccnc1N. The molecule has 0 bridgehead atoms. The van der Waals surface area contributed by atoms with Crippen LogP contribution in [0.1, 0.15) is 23.9 Å². The Bertz CT molecular complexity index is 502. The Hall–Kier alpha value is -1.84. The molecule has 0 amide bonds. The van der Waals surface area contributed by atoms with Gasteiger partial charge in [-0.1, -0.05) is 6.07 Å². The van der Waals surface area contributed by atoms with Crippen LogP contribution in [0, 0.1) is 6.92 Å². The van der Waals surface area contributed by atoms with Gasteiger partial charge in [0.2, 0.25) is 0 Å². The average Bonchev–Trinajstić information content (AvgIpc) is 2.69. The van der Waals surface area contributed by atoms with E-state index in [0.29, 0.717) is 5.82 Å². The molecule has 0 saturated heterocycles. The van der Waals surface area contributed by atoms with Crippen LogP contribution in [0.3, 0.4) is 0 Å². The van der Waals surface area contributed by atoms with Crippen molar-refractivity contribution in [3.8, 4) is 0 Å². The van der Waals surface area contributed by atoms with E-state index >= 15 is 0 Å². The molecule has 2 aromatic heterocycles. The zero-order chi connectivity index (χ0) is 12.3. The predicted octanol–water partition coefficient (Wildman–Crippen LogP) is 1.97. The van der Waals surface area contributed by atoms with Crippen LogP contribution in [-0.2, 0) is 19.4 Å². The van der Waals surface area contributed by atoms with Gasteiger partial charge in [-0.15, -0.1) is 0 Å². The fraction of sp³-hybridized carbons (Fsp3) is 0.385. The number of nitrogens with zero attached hydrogens (tertiary/aromatic N) is 3. The number of pyridine rings is 1. The van der Waals surface area contributed by atoms with Crippen molar-refractivity contribution in [2.75, 3.05) is 5.73 Å². The third kappa shape index (κ3) is 2.64. The number of aryl methyl sites for hydroxylation is 4. The lowest BCUT2D eigenvalue weighted by atomic mass is 10.1. The molecule has 0 fully saturated rings. The standard InChI is InChI=1S/C13H18N4/c1-3-17-12(9-10(2)16-17)7-6-11-5-4-8-15-13(11)14/h4-5,8-9H,3,6-7H2,1-2H3,(H2,14,15). The lowest BCUT2D eigenvalue weighted by Gasteiger charge is -2.06. The molecular weight excluding hydrogens is 212 g/mol. The first kappa shape index (κ1) is 11.6. The Morgan fingerprint density at radius 1 is 1.35 bits per heavy atom. The maximum absolute atomic E-state index is 5.83. The van der Waals surface area contributed by atoms with E-state index in [2.05, 4.69) is 23.1 Å². The Kier molecular flexibility index (Phi) is 3.42. The molecule has 4 heteroatoms. The van der Waals surface area contributed by atoms with E-state index < -0.39 is 0 Å². The van der Waals surface area contributed by atoms with Crippen LogP contribution in [0.5, 0.6) is 0 Å². The third-order valence-corrected chi connectivity index (χ3v) is 2.86. The molecule has 0 spiro atoms. The molecule has 0 aliphatic rings. The summed E-state index contributed by atoms with van der Waals surface area (Å²) < 4.78 is 2.04. The van der Waals surface area contributed by atoms with Gasteiger partial charge in [0, 0.05) is 18.4 Å². The van der Waals surface area contributed by atoms with Gasteiger partial charge in [-0.05, 0) is 44.4 Å². The summed E-state index contributed by atoms with van der Waals surface area (Å²) in [5.41, 5.74) is 9.26. The number of anilines is 1. The quantitative estimate of drug-likeness (QED) is 0.873. The minimum Gasteiger partial charge on any atom is -0.383 e. The van der Waals surface area contributed by atoms with Gasteiger partial charge < -0.3 is 5.73 Å². The summed E-state index contributed by atoms with van der Waals surface area (Å²) in [4.78, 5) is 4.09. The molecule has 2 rings (SSSR count). The minimum absolute atomic E-state index is 0.631. The van der Waals surface area contributed by atoms with Crippen molar-refractivity contribution < 1.29 is 0 Å². The highest BCUT2D eigenvalue weighted by Gasteiger charge is 2.05. The summed E-state index contributed by atoms with van der Waals surface area (Å²) in [5, 5.41) is 4.43. The zero-order valence-corrected chi connectivity index (χ0v) is 10.3. The van der Waals surface area contributed by atoms with E-state index in [4.69, 9.17) is 5.73 Å². The summed E-state index contributed by atoms with van der Waals surface area (Å²) in [6, 6.07) is 6.09. The molecule has 0 atom stereocenters. The summed E-state index contributed by atoms with van der Waals surface area (Å²) >= 11 is 0. The van der Waals surface area contributed by atoms with Crippen LogP contribution < -0.4 is 5.73 Å². The second kappa shape index (κ2) is 4.99. The van der Waals surface area contributed by atoms with Gasteiger partial charge in [0.15, 0.2) is 0 Å². The molecule has 0 radical (unpaired) electrons. The third-order valence-electron chi connectivity index (χ3n) is 2.86. The van der Waals surface area contributed by atoms with Crippen molar-refractivity contribution in [3.63, 3.8) is 0 Å². The van der Waals surface area contributed by atoms with Crippen molar-refractivity contribution in [2.45, 2.75) is 33.2 Å². The average molecular weight is 230 g/mol. The number of nitrogens with two attached hydrogens (primary N) is 1. The number of hydrogen-bond donors (Lipinski definition) is 1. The van der Waals surface area contributed by atoms with Crippen molar-refractivity contribution in [2.24, 2.45) is 0 Å². The van der Waals surface area contributed by atoms with Crippen molar-refractivity contribution in [3.05, 3.63) is 41.3 Å². The largest absolute Gasteiger partial charge is 0.383 e. The molecular formula is C13H18N4. The Balaban J connectivity index is 2.09. The summed E-state index contributed by atoms with van der Waals surface area (Å²) in [5.74, 6) is 0.631. The number of rotatable bonds is 4. The first-order valence-corrected chi connectivity index (χ1v) is 5.93. The summed E-state index contributed by atoms with van der Waals surface area (Å²) in [6.45, 7) is 5.04. The fourth-order valence-electron chi connectivity index (χ4n) is 2.00. The fourth-order valence-corrected chi connectivity index (χ4v) is 2.00. The maximum Gasteiger partial charge on any atom is 0.126 e. The Labute approximate surface area is 101 Å². The molecule has 17 heavy (non-hydrogen) atoms. The highest BCUT2D eigenvalue weighted by atomic mass is 15.3. The topological polar surface area (TPSA) is 56.7 Å². The predicted molar refractivity (Wildman–Crippen MR) is 68.7 cm³/mol. The number of nitrogen functional groups attached to an aromatic ring is 1. The van der Waals surface area contributed by atoms with Gasteiger partial charge in [-0.3, -0.25) is 4.68 Å². The first-order chi connectivity index (χ1) is 8.20. The normalized spacial score (nSPS) is 10.7. The van der Waals surface area contributed by atoms with Crippen LogP contribution in [0.2, 0.25) is 0 Å². The molecule has 2 N–H and O–H groups in total. The van der Waals surface area contributed by atoms with Crippen LogP contribution in [-0.4, -0.2) is 14.8 Å².